The van der Waals surface area contributed by atoms with Crippen LogP contribution in [0.1, 0.15) is 26.0 Å². The number of carbonyl (C=O) groups is 1. The predicted molar refractivity (Wildman–Crippen MR) is 48.5 cm³/mol. The highest BCUT2D eigenvalue weighted by Crippen LogP contribution is 2.22. The smallest absolute Gasteiger partial charge is 0.329 e. The fourth-order valence-corrected chi connectivity index (χ4v) is 1.30. The Labute approximate surface area is 77.2 Å². The molecule has 1 atom stereocenters. The number of nitrogens with zero attached hydrogens (tertiary/aromatic N) is 2. The lowest BCUT2D eigenvalue weighted by Crippen LogP contribution is -2.38. The van der Waals surface area contributed by atoms with Crippen LogP contribution in [-0.4, -0.2) is 20.6 Å². The monoisotopic (exact) mass is 182 g/mol. The molecule has 0 aliphatic heterocycles. The normalized spacial score (nSPS) is 15.3. The topological polar surface area (TPSA) is 55.1 Å². The van der Waals surface area contributed by atoms with Crippen LogP contribution in [0.3, 0.4) is 0 Å². The second-order valence-corrected chi connectivity index (χ2v) is 3.34. The van der Waals surface area contributed by atoms with Crippen LogP contribution in [0.5, 0.6) is 0 Å². The largest absolute Gasteiger partial charge is 0.479 e. The minimum absolute atomic E-state index is 0.541. The number of carboxylic acid groups (broad SMARTS) is 1. The summed E-state index contributed by atoms with van der Waals surface area (Å²) in [5.41, 5.74) is -0.00706. The lowest BCUT2D eigenvalue weighted by Gasteiger charge is -2.26. The molecule has 1 aromatic rings. The summed E-state index contributed by atoms with van der Waals surface area (Å²) in [6.45, 7) is 5.40. The van der Waals surface area contributed by atoms with Crippen molar-refractivity contribution in [3.8, 4) is 0 Å². The molecule has 1 aromatic heterocycles. The molecule has 0 aliphatic carbocycles. The van der Waals surface area contributed by atoms with Gasteiger partial charge in [0.25, 0.3) is 0 Å². The molecule has 72 valence electrons. The van der Waals surface area contributed by atoms with Gasteiger partial charge in [-0.2, -0.15) is 0 Å². The molecule has 1 heterocycles. The quantitative estimate of drug-likeness (QED) is 0.768. The Bertz CT molecular complexity index is 319. The minimum atomic E-state index is -0.874. The third-order valence-corrected chi connectivity index (χ3v) is 2.50. The molecule has 0 bridgehead atoms. The molecule has 0 saturated carbocycles. The lowest BCUT2D eigenvalue weighted by molar-refractivity contribution is -0.146. The Balaban J connectivity index is 3.17. The molecule has 13 heavy (non-hydrogen) atoms. The minimum Gasteiger partial charge on any atom is -0.479 e. The highest BCUT2D eigenvalue weighted by molar-refractivity contribution is 5.76. The Morgan fingerprint density at radius 3 is 2.69 bits per heavy atom. The number of hydrogen-bond acceptors (Lipinski definition) is 2. The Morgan fingerprint density at radius 1 is 1.77 bits per heavy atom. The van der Waals surface area contributed by atoms with E-state index in [9.17, 15) is 4.79 Å². The van der Waals surface area contributed by atoms with E-state index >= 15 is 0 Å². The van der Waals surface area contributed by atoms with Crippen molar-refractivity contribution in [3.05, 3.63) is 18.2 Å². The maximum absolute atomic E-state index is 11.1. The standard InChI is InChI=1S/C9H14N2O2/c1-4-9(3,8(12)13)11-6-10-5-7(11)2/h5-6H,4H2,1-3H3,(H,12,13). The molecule has 0 fully saturated rings. The number of aromatic nitrogens is 2. The first-order chi connectivity index (χ1) is 6.02. The molecule has 0 aliphatic rings. The molecule has 4 nitrogen and oxygen atoms in total. The zero-order valence-electron chi connectivity index (χ0n) is 8.11. The van der Waals surface area contributed by atoms with E-state index in [1.165, 1.54) is 0 Å². The summed E-state index contributed by atoms with van der Waals surface area (Å²) in [5, 5.41) is 9.08. The SMILES string of the molecule is CCC(C)(C(=O)O)n1cncc1C. The second kappa shape index (κ2) is 3.20. The zero-order chi connectivity index (χ0) is 10.1. The van der Waals surface area contributed by atoms with Crippen LogP contribution in [0, 0.1) is 6.92 Å². The van der Waals surface area contributed by atoms with Crippen LogP contribution in [0.4, 0.5) is 0 Å². The van der Waals surface area contributed by atoms with Crippen LogP contribution in [0.2, 0.25) is 0 Å². The Morgan fingerprint density at radius 2 is 2.38 bits per heavy atom. The third kappa shape index (κ3) is 1.43. The Hall–Kier alpha value is -1.32. The molecule has 0 saturated heterocycles. The van der Waals surface area contributed by atoms with Crippen LogP contribution in [0.15, 0.2) is 12.5 Å². The van der Waals surface area contributed by atoms with Crippen molar-refractivity contribution < 1.29 is 9.90 Å². The van der Waals surface area contributed by atoms with Gasteiger partial charge in [-0.3, -0.25) is 0 Å². The first-order valence-corrected chi connectivity index (χ1v) is 4.25. The maximum atomic E-state index is 11.1. The van der Waals surface area contributed by atoms with Crippen LogP contribution < -0.4 is 0 Å². The molecule has 1 N–H and O–H groups in total. The first-order valence-electron chi connectivity index (χ1n) is 4.25. The molecule has 0 radical (unpaired) electrons. The molecule has 0 spiro atoms. The van der Waals surface area contributed by atoms with Crippen molar-refractivity contribution in [1.29, 1.82) is 0 Å². The fourth-order valence-electron chi connectivity index (χ4n) is 1.30. The van der Waals surface area contributed by atoms with Crippen LogP contribution in [0.25, 0.3) is 0 Å². The van der Waals surface area contributed by atoms with E-state index in [0.29, 0.717) is 6.42 Å². The van der Waals surface area contributed by atoms with E-state index in [2.05, 4.69) is 4.98 Å². The highest BCUT2D eigenvalue weighted by Gasteiger charge is 2.33. The van der Waals surface area contributed by atoms with E-state index in [1.807, 2.05) is 13.8 Å². The van der Waals surface area contributed by atoms with Gasteiger partial charge in [-0.1, -0.05) is 6.92 Å². The van der Waals surface area contributed by atoms with Gasteiger partial charge in [0, 0.05) is 11.9 Å². The molecular weight excluding hydrogens is 168 g/mol. The van der Waals surface area contributed by atoms with E-state index in [4.69, 9.17) is 5.11 Å². The lowest BCUT2D eigenvalue weighted by atomic mass is 9.99. The average molecular weight is 182 g/mol. The number of rotatable bonds is 3. The van der Waals surface area contributed by atoms with Gasteiger partial charge < -0.3 is 9.67 Å². The fraction of sp³-hybridized carbons (Fsp3) is 0.556. The summed E-state index contributed by atoms with van der Waals surface area (Å²) in [6.07, 6.45) is 3.77. The summed E-state index contributed by atoms with van der Waals surface area (Å²) in [5.74, 6) is -0.823. The highest BCUT2D eigenvalue weighted by atomic mass is 16.4. The van der Waals surface area contributed by atoms with E-state index in [1.54, 1.807) is 24.0 Å². The van der Waals surface area contributed by atoms with Gasteiger partial charge >= 0.3 is 5.97 Å². The maximum Gasteiger partial charge on any atom is 0.329 e. The summed E-state index contributed by atoms with van der Waals surface area (Å²) < 4.78 is 1.69. The van der Waals surface area contributed by atoms with Crippen LogP contribution >= 0.6 is 0 Å². The van der Waals surface area contributed by atoms with Crippen molar-refractivity contribution in [2.75, 3.05) is 0 Å². The second-order valence-electron chi connectivity index (χ2n) is 3.34. The summed E-state index contributed by atoms with van der Waals surface area (Å²) >= 11 is 0. The van der Waals surface area contributed by atoms with Gasteiger partial charge in [0.15, 0.2) is 0 Å². The molecule has 0 amide bonds. The van der Waals surface area contributed by atoms with Gasteiger partial charge in [-0.15, -0.1) is 0 Å². The van der Waals surface area contributed by atoms with E-state index in [-0.39, 0.29) is 0 Å². The Kier molecular flexibility index (Phi) is 2.40. The summed E-state index contributed by atoms with van der Waals surface area (Å²) in [7, 11) is 0. The van der Waals surface area contributed by atoms with Gasteiger partial charge in [0.05, 0.1) is 6.33 Å². The first kappa shape index (κ1) is 9.77. The van der Waals surface area contributed by atoms with Crippen molar-refractivity contribution in [2.45, 2.75) is 32.7 Å². The van der Waals surface area contributed by atoms with Crippen molar-refractivity contribution >= 4 is 5.97 Å². The number of aryl methyl sites for hydroxylation is 1. The molecular formula is C9H14N2O2. The number of imidazole rings is 1. The summed E-state index contributed by atoms with van der Waals surface area (Å²) in [6, 6.07) is 0. The summed E-state index contributed by atoms with van der Waals surface area (Å²) in [4.78, 5) is 15.0. The van der Waals surface area contributed by atoms with Gasteiger partial charge in [0.1, 0.15) is 5.54 Å². The molecule has 0 aromatic carbocycles. The van der Waals surface area contributed by atoms with Crippen molar-refractivity contribution in [1.82, 2.24) is 9.55 Å². The van der Waals surface area contributed by atoms with Crippen molar-refractivity contribution in [3.63, 3.8) is 0 Å². The number of hydrogen-bond donors (Lipinski definition) is 1. The van der Waals surface area contributed by atoms with Gasteiger partial charge in [0.2, 0.25) is 0 Å². The average Bonchev–Trinajstić information content (AvgIpc) is 2.50. The molecule has 4 heteroatoms. The van der Waals surface area contributed by atoms with Crippen molar-refractivity contribution in [2.24, 2.45) is 0 Å². The van der Waals surface area contributed by atoms with E-state index < -0.39 is 11.5 Å². The van der Waals surface area contributed by atoms with Crippen LogP contribution in [-0.2, 0) is 10.3 Å². The number of carboxylic acids is 1. The predicted octanol–water partition coefficient (Wildman–Crippen LogP) is 1.40. The number of aliphatic carboxylic acids is 1. The van der Waals surface area contributed by atoms with Gasteiger partial charge in [-0.25, -0.2) is 9.78 Å². The molecule has 1 rings (SSSR count). The molecule has 1 unspecified atom stereocenters. The third-order valence-electron chi connectivity index (χ3n) is 2.50. The van der Waals surface area contributed by atoms with Gasteiger partial charge in [-0.05, 0) is 20.3 Å². The van der Waals surface area contributed by atoms with E-state index in [0.717, 1.165) is 5.69 Å². The zero-order valence-corrected chi connectivity index (χ0v) is 8.11.